The molecule has 1 atom stereocenters. The molecule has 1 aromatic heterocycles. The van der Waals surface area contributed by atoms with E-state index in [-0.39, 0.29) is 59.0 Å². The molecule has 10 nitrogen and oxygen atoms in total. The molecular weight excluding hydrogens is 577 g/mol. The van der Waals surface area contributed by atoms with Crippen LogP contribution in [0.2, 0.25) is 0 Å². The van der Waals surface area contributed by atoms with E-state index in [1.165, 1.54) is 18.2 Å². The van der Waals surface area contributed by atoms with Crippen molar-refractivity contribution in [3.63, 3.8) is 0 Å². The second-order valence-electron chi connectivity index (χ2n) is 10.0. The molecule has 2 heterocycles. The first-order valence-corrected chi connectivity index (χ1v) is 14.8. The molecule has 1 aromatic carbocycles. The number of carboxylic acids is 1. The van der Waals surface area contributed by atoms with Gasteiger partial charge in [0.05, 0.1) is 25.3 Å². The zero-order valence-electron chi connectivity index (χ0n) is 22.0. The fourth-order valence-electron chi connectivity index (χ4n) is 3.98. The molecule has 0 bridgehead atoms. The lowest BCUT2D eigenvalue weighted by atomic mass is 10.1. The minimum atomic E-state index is -4.78. The number of nitrogens with zero attached hydrogens (tertiary/aromatic N) is 2. The van der Waals surface area contributed by atoms with Gasteiger partial charge in [0.15, 0.2) is 0 Å². The Morgan fingerprint density at radius 3 is 2.55 bits per heavy atom. The lowest BCUT2D eigenvalue weighted by Crippen LogP contribution is -2.44. The van der Waals surface area contributed by atoms with Gasteiger partial charge in [-0.3, -0.25) is 13.9 Å². The molecule has 4 rings (SSSR count). The quantitative estimate of drug-likeness (QED) is 0.363. The Bertz CT molecular complexity index is 1390. The number of hydrogen-bond acceptors (Lipinski definition) is 9. The van der Waals surface area contributed by atoms with Gasteiger partial charge in [-0.15, -0.1) is 0 Å². The number of hydrogen-bond donors (Lipinski definition) is 1. The van der Waals surface area contributed by atoms with Crippen molar-refractivity contribution in [2.75, 3.05) is 17.5 Å². The molecule has 0 amide bonds. The van der Waals surface area contributed by atoms with Crippen molar-refractivity contribution >= 4 is 39.0 Å². The normalized spacial score (nSPS) is 17.6. The number of esters is 1. The van der Waals surface area contributed by atoms with Gasteiger partial charge in [0.1, 0.15) is 16.9 Å². The van der Waals surface area contributed by atoms with Gasteiger partial charge in [-0.1, -0.05) is 17.4 Å². The molecular formula is C25H29F3N2O8S2. The first kappa shape index (κ1) is 29.9. The van der Waals surface area contributed by atoms with Crippen molar-refractivity contribution in [3.05, 3.63) is 28.8 Å². The fourth-order valence-corrected chi connectivity index (χ4v) is 6.97. The molecule has 0 spiro atoms. The molecule has 2 aliphatic rings. The minimum absolute atomic E-state index is 0.0180. The summed E-state index contributed by atoms with van der Waals surface area (Å²) in [6.45, 7) is 3.13. The molecule has 1 saturated carbocycles. The highest BCUT2D eigenvalue weighted by Crippen LogP contribution is 2.47. The van der Waals surface area contributed by atoms with Crippen molar-refractivity contribution in [3.8, 4) is 10.8 Å². The third-order valence-electron chi connectivity index (χ3n) is 6.36. The van der Waals surface area contributed by atoms with Gasteiger partial charge in [0.25, 0.3) is 10.0 Å². The summed E-state index contributed by atoms with van der Waals surface area (Å²) in [6, 6.07) is 4.13. The number of benzene rings is 1. The Labute approximate surface area is 233 Å². The van der Waals surface area contributed by atoms with Gasteiger partial charge in [-0.25, -0.2) is 4.98 Å². The average Bonchev–Trinajstić information content (AvgIpc) is 3.61. The molecule has 0 unspecified atom stereocenters. The van der Waals surface area contributed by atoms with Gasteiger partial charge in [-0.05, 0) is 57.7 Å². The average molecular weight is 607 g/mol. The van der Waals surface area contributed by atoms with Crippen LogP contribution in [0.3, 0.4) is 0 Å². The molecule has 1 N–H and O–H groups in total. The number of carbonyl (C=O) groups excluding carboxylic acids is 1. The van der Waals surface area contributed by atoms with Crippen molar-refractivity contribution in [2.24, 2.45) is 0 Å². The summed E-state index contributed by atoms with van der Waals surface area (Å²) < 4.78 is 84.7. The zero-order valence-corrected chi connectivity index (χ0v) is 23.6. The van der Waals surface area contributed by atoms with Crippen LogP contribution in [0.1, 0.15) is 62.9 Å². The Hall–Kier alpha value is -3.07. The Morgan fingerprint density at radius 1 is 1.25 bits per heavy atom. The summed E-state index contributed by atoms with van der Waals surface area (Å²) in [5.41, 5.74) is -2.49. The smallest absolute Gasteiger partial charge is 0.427 e. The third kappa shape index (κ3) is 6.45. The fraction of sp³-hybridized carbons (Fsp3) is 0.560. The number of aliphatic carboxylic acids is 1. The topological polar surface area (TPSA) is 132 Å². The highest BCUT2D eigenvalue weighted by atomic mass is 32.2. The summed E-state index contributed by atoms with van der Waals surface area (Å²) >= 11 is 1.16. The summed E-state index contributed by atoms with van der Waals surface area (Å²) in [4.78, 5) is 27.9. The van der Waals surface area contributed by atoms with Crippen LogP contribution < -0.4 is 13.8 Å². The SMILES string of the molecule is CCOc1sc(C2CC2)nc1S(=O)(=O)N1C[C@H](CCC(=O)O)Oc2ccc(CC(=O)OC(C)(C)C(F)(F)F)cc21. The van der Waals surface area contributed by atoms with Crippen molar-refractivity contribution in [1.29, 1.82) is 0 Å². The molecule has 15 heteroatoms. The van der Waals surface area contributed by atoms with E-state index in [4.69, 9.17) is 14.6 Å². The van der Waals surface area contributed by atoms with E-state index >= 15 is 0 Å². The molecule has 0 saturated heterocycles. The van der Waals surface area contributed by atoms with E-state index < -0.39 is 46.3 Å². The minimum Gasteiger partial charge on any atom is -0.486 e. The monoisotopic (exact) mass is 606 g/mol. The van der Waals surface area contributed by atoms with Gasteiger partial charge in [0, 0.05) is 12.3 Å². The highest BCUT2D eigenvalue weighted by molar-refractivity contribution is 7.93. The summed E-state index contributed by atoms with van der Waals surface area (Å²) in [5.74, 6) is -1.97. The molecule has 2 aromatic rings. The van der Waals surface area contributed by atoms with E-state index in [2.05, 4.69) is 9.72 Å². The van der Waals surface area contributed by atoms with Crippen LogP contribution >= 0.6 is 11.3 Å². The zero-order chi connectivity index (χ0) is 29.5. The molecule has 0 radical (unpaired) electrons. The van der Waals surface area contributed by atoms with Gasteiger partial charge < -0.3 is 19.3 Å². The largest absolute Gasteiger partial charge is 0.486 e. The van der Waals surface area contributed by atoms with E-state index in [9.17, 15) is 31.2 Å². The number of alkyl halides is 3. The Kier molecular flexibility index (Phi) is 8.28. The van der Waals surface area contributed by atoms with Gasteiger partial charge in [-0.2, -0.15) is 21.6 Å². The van der Waals surface area contributed by atoms with E-state index in [1.807, 2.05) is 0 Å². The maximum absolute atomic E-state index is 14.0. The first-order chi connectivity index (χ1) is 18.6. The van der Waals surface area contributed by atoms with Crippen LogP contribution in [0.5, 0.6) is 10.8 Å². The first-order valence-electron chi connectivity index (χ1n) is 12.6. The third-order valence-corrected chi connectivity index (χ3v) is 9.31. The number of anilines is 1. The molecule has 1 aliphatic carbocycles. The summed E-state index contributed by atoms with van der Waals surface area (Å²) in [7, 11) is -4.36. The number of fused-ring (bicyclic) bond motifs is 1. The van der Waals surface area contributed by atoms with Crippen molar-refractivity contribution in [1.82, 2.24) is 4.98 Å². The second kappa shape index (κ2) is 11.1. The number of aromatic nitrogens is 1. The summed E-state index contributed by atoms with van der Waals surface area (Å²) in [6.07, 6.45) is -4.62. The maximum atomic E-state index is 14.0. The predicted octanol–water partition coefficient (Wildman–Crippen LogP) is 4.67. The Morgan fingerprint density at radius 2 is 1.95 bits per heavy atom. The predicted molar refractivity (Wildman–Crippen MR) is 137 cm³/mol. The number of carboxylic acid groups (broad SMARTS) is 1. The number of carbonyl (C=O) groups is 2. The number of halogens is 3. The van der Waals surface area contributed by atoms with Crippen LogP contribution in [-0.2, 0) is 30.8 Å². The molecule has 1 aliphatic heterocycles. The van der Waals surface area contributed by atoms with Crippen LogP contribution in [0.15, 0.2) is 23.2 Å². The van der Waals surface area contributed by atoms with E-state index in [1.54, 1.807) is 6.92 Å². The number of sulfonamides is 1. The van der Waals surface area contributed by atoms with Crippen LogP contribution in [0.25, 0.3) is 0 Å². The van der Waals surface area contributed by atoms with Crippen LogP contribution in [-0.4, -0.2) is 61.5 Å². The highest BCUT2D eigenvalue weighted by Gasteiger charge is 2.50. The molecule has 40 heavy (non-hydrogen) atoms. The molecule has 220 valence electrons. The van der Waals surface area contributed by atoms with Crippen molar-refractivity contribution in [2.45, 2.75) is 81.7 Å². The van der Waals surface area contributed by atoms with E-state index in [0.717, 1.165) is 42.3 Å². The Balaban J connectivity index is 1.69. The number of ether oxygens (including phenoxy) is 3. The number of rotatable bonds is 11. The standard InChI is InChI=1S/C25H29F3N2O8S2/c1-4-36-23-22(29-21(39-23)15-6-7-15)40(34,35)30-13-16(8-10-19(31)32)37-18-9-5-14(11-17(18)30)12-20(33)38-24(2,3)25(26,27)28/h5,9,11,15-16H,4,6-8,10,12-13H2,1-3H3,(H,31,32)/t16-/m0/s1. The lowest BCUT2D eigenvalue weighted by Gasteiger charge is -2.35. The van der Waals surface area contributed by atoms with Gasteiger partial charge >= 0.3 is 18.1 Å². The van der Waals surface area contributed by atoms with Crippen molar-refractivity contribution < 1.29 is 50.5 Å². The second-order valence-corrected chi connectivity index (χ2v) is 12.8. The maximum Gasteiger partial charge on any atom is 0.427 e. The molecule has 1 fully saturated rings. The van der Waals surface area contributed by atoms with E-state index in [0.29, 0.717) is 5.01 Å². The summed E-state index contributed by atoms with van der Waals surface area (Å²) in [5, 5.41) is 9.62. The van der Waals surface area contributed by atoms with Crippen LogP contribution in [0, 0.1) is 0 Å². The lowest BCUT2D eigenvalue weighted by molar-refractivity contribution is -0.257. The number of thiazole rings is 1. The van der Waals surface area contributed by atoms with Crippen LogP contribution in [0.4, 0.5) is 18.9 Å². The van der Waals surface area contributed by atoms with Gasteiger partial charge in [0.2, 0.25) is 15.7 Å².